The summed E-state index contributed by atoms with van der Waals surface area (Å²) in [5, 5.41) is 11.2. The Hall–Kier alpha value is -2.55. The lowest BCUT2D eigenvalue weighted by molar-refractivity contribution is 0.0701. The van der Waals surface area contributed by atoms with Gasteiger partial charge >= 0.3 is 0 Å². The van der Waals surface area contributed by atoms with Gasteiger partial charge in [0.05, 0.1) is 11.5 Å². The summed E-state index contributed by atoms with van der Waals surface area (Å²) in [4.78, 5) is 18.2. The Kier molecular flexibility index (Phi) is 5.46. The SMILES string of the molecule is CCN(C(=O)c1ccc(NCc2ccncc2)nn1)C1CCS(=O)(=O)C1. The molecule has 2 aromatic rings. The molecule has 0 spiro atoms. The summed E-state index contributed by atoms with van der Waals surface area (Å²) in [6.45, 7) is 2.84. The molecule has 2 aromatic heterocycles. The highest BCUT2D eigenvalue weighted by Crippen LogP contribution is 2.19. The average Bonchev–Trinajstić information content (AvgIpc) is 3.01. The van der Waals surface area contributed by atoms with Crippen LogP contribution < -0.4 is 5.32 Å². The van der Waals surface area contributed by atoms with Crippen molar-refractivity contribution in [3.8, 4) is 0 Å². The quantitative estimate of drug-likeness (QED) is 0.807. The molecule has 138 valence electrons. The Morgan fingerprint density at radius 1 is 1.23 bits per heavy atom. The molecule has 1 aliphatic rings. The number of rotatable bonds is 6. The highest BCUT2D eigenvalue weighted by atomic mass is 32.2. The number of hydrogen-bond donors (Lipinski definition) is 1. The molecule has 0 aliphatic carbocycles. The summed E-state index contributed by atoms with van der Waals surface area (Å²) in [5.41, 5.74) is 1.27. The second-order valence-electron chi connectivity index (χ2n) is 6.16. The second kappa shape index (κ2) is 7.77. The number of carbonyl (C=O) groups is 1. The van der Waals surface area contributed by atoms with E-state index in [1.54, 1.807) is 29.4 Å². The largest absolute Gasteiger partial charge is 0.365 e. The lowest BCUT2D eigenvalue weighted by Crippen LogP contribution is -2.41. The van der Waals surface area contributed by atoms with Crippen LogP contribution in [0.3, 0.4) is 0 Å². The van der Waals surface area contributed by atoms with Gasteiger partial charge in [-0.3, -0.25) is 9.78 Å². The second-order valence-corrected chi connectivity index (χ2v) is 8.39. The van der Waals surface area contributed by atoms with Gasteiger partial charge in [0, 0.05) is 31.5 Å². The van der Waals surface area contributed by atoms with Crippen LogP contribution in [0.15, 0.2) is 36.7 Å². The Morgan fingerprint density at radius 3 is 2.58 bits per heavy atom. The number of nitrogens with zero attached hydrogens (tertiary/aromatic N) is 4. The number of carbonyl (C=O) groups excluding carboxylic acids is 1. The molecule has 1 atom stereocenters. The number of sulfone groups is 1. The van der Waals surface area contributed by atoms with E-state index in [1.165, 1.54) is 0 Å². The van der Waals surface area contributed by atoms with E-state index in [4.69, 9.17) is 0 Å². The van der Waals surface area contributed by atoms with Gasteiger partial charge in [-0.15, -0.1) is 10.2 Å². The average molecular weight is 375 g/mol. The van der Waals surface area contributed by atoms with E-state index < -0.39 is 9.84 Å². The first-order chi connectivity index (χ1) is 12.5. The van der Waals surface area contributed by atoms with Crippen LogP contribution in [0, 0.1) is 0 Å². The number of nitrogens with one attached hydrogen (secondary N) is 1. The Balaban J connectivity index is 1.64. The predicted molar refractivity (Wildman–Crippen MR) is 97.4 cm³/mol. The van der Waals surface area contributed by atoms with E-state index in [2.05, 4.69) is 20.5 Å². The van der Waals surface area contributed by atoms with Crippen LogP contribution in [-0.2, 0) is 16.4 Å². The van der Waals surface area contributed by atoms with Crippen LogP contribution in [0.4, 0.5) is 5.82 Å². The van der Waals surface area contributed by atoms with Crippen molar-refractivity contribution in [1.82, 2.24) is 20.1 Å². The van der Waals surface area contributed by atoms with Crippen LogP contribution in [0.1, 0.15) is 29.4 Å². The van der Waals surface area contributed by atoms with Crippen molar-refractivity contribution in [1.29, 1.82) is 0 Å². The molecule has 3 rings (SSSR count). The molecule has 1 aliphatic heterocycles. The molecular weight excluding hydrogens is 354 g/mol. The molecule has 0 radical (unpaired) electrons. The molecule has 9 heteroatoms. The first-order valence-corrected chi connectivity index (χ1v) is 10.3. The van der Waals surface area contributed by atoms with Gasteiger partial charge in [0.15, 0.2) is 15.5 Å². The molecule has 1 fully saturated rings. The summed E-state index contributed by atoms with van der Waals surface area (Å²) in [5.74, 6) is 0.420. The monoisotopic (exact) mass is 375 g/mol. The molecule has 0 bridgehead atoms. The van der Waals surface area contributed by atoms with Gasteiger partial charge in [-0.05, 0) is 43.2 Å². The number of aromatic nitrogens is 3. The zero-order valence-electron chi connectivity index (χ0n) is 14.5. The fraction of sp³-hybridized carbons (Fsp3) is 0.412. The van der Waals surface area contributed by atoms with E-state index >= 15 is 0 Å². The van der Waals surface area contributed by atoms with E-state index in [1.807, 2.05) is 19.1 Å². The summed E-state index contributed by atoms with van der Waals surface area (Å²) >= 11 is 0. The van der Waals surface area contributed by atoms with Gasteiger partial charge in [-0.2, -0.15) is 0 Å². The Bertz CT molecular complexity index is 856. The highest BCUT2D eigenvalue weighted by Gasteiger charge is 2.34. The molecule has 1 N–H and O–H groups in total. The molecule has 1 amide bonds. The van der Waals surface area contributed by atoms with Crippen LogP contribution in [-0.4, -0.2) is 58.5 Å². The minimum absolute atomic E-state index is 0.0194. The normalized spacial score (nSPS) is 18.4. The van der Waals surface area contributed by atoms with E-state index in [-0.39, 0.29) is 29.1 Å². The summed E-state index contributed by atoms with van der Waals surface area (Å²) in [6.07, 6.45) is 3.90. The number of amides is 1. The van der Waals surface area contributed by atoms with E-state index in [9.17, 15) is 13.2 Å². The van der Waals surface area contributed by atoms with Gasteiger partial charge in [0.25, 0.3) is 5.91 Å². The zero-order valence-corrected chi connectivity index (χ0v) is 15.3. The number of anilines is 1. The zero-order chi connectivity index (χ0) is 18.6. The number of pyridine rings is 1. The third-order valence-corrected chi connectivity index (χ3v) is 6.11. The van der Waals surface area contributed by atoms with Crippen molar-refractivity contribution in [2.75, 3.05) is 23.4 Å². The maximum Gasteiger partial charge on any atom is 0.274 e. The molecule has 8 nitrogen and oxygen atoms in total. The van der Waals surface area contributed by atoms with Crippen LogP contribution in [0.25, 0.3) is 0 Å². The van der Waals surface area contributed by atoms with Crippen molar-refractivity contribution in [2.45, 2.75) is 25.9 Å². The van der Waals surface area contributed by atoms with Crippen LogP contribution in [0.2, 0.25) is 0 Å². The first-order valence-electron chi connectivity index (χ1n) is 8.46. The maximum absolute atomic E-state index is 12.7. The van der Waals surface area contributed by atoms with Crippen molar-refractivity contribution >= 4 is 21.6 Å². The lowest BCUT2D eigenvalue weighted by atomic mass is 10.2. The van der Waals surface area contributed by atoms with Crippen molar-refractivity contribution < 1.29 is 13.2 Å². The third kappa shape index (κ3) is 4.34. The fourth-order valence-corrected chi connectivity index (χ4v) is 4.70. The highest BCUT2D eigenvalue weighted by molar-refractivity contribution is 7.91. The van der Waals surface area contributed by atoms with Gasteiger partial charge in [-0.1, -0.05) is 0 Å². The molecule has 1 saturated heterocycles. The first kappa shape index (κ1) is 18.2. The van der Waals surface area contributed by atoms with Crippen LogP contribution >= 0.6 is 0 Å². The molecule has 0 saturated carbocycles. The van der Waals surface area contributed by atoms with Gasteiger partial charge in [-0.25, -0.2) is 8.42 Å². The van der Waals surface area contributed by atoms with Crippen LogP contribution in [0.5, 0.6) is 0 Å². The molecular formula is C17H21N5O3S. The van der Waals surface area contributed by atoms with Gasteiger partial charge < -0.3 is 10.2 Å². The van der Waals surface area contributed by atoms with Gasteiger partial charge in [0.1, 0.15) is 5.82 Å². The lowest BCUT2D eigenvalue weighted by Gasteiger charge is -2.26. The van der Waals surface area contributed by atoms with Gasteiger partial charge in [0.2, 0.25) is 0 Å². The standard InChI is InChI=1S/C17H21N5O3S/c1-2-22(14-7-10-26(24,25)12-14)17(23)15-3-4-16(21-20-15)19-11-13-5-8-18-9-6-13/h3-6,8-9,14H,2,7,10-12H2,1H3,(H,19,21). The van der Waals surface area contributed by atoms with E-state index in [0.29, 0.717) is 25.3 Å². The number of hydrogen-bond acceptors (Lipinski definition) is 7. The molecule has 0 aromatic carbocycles. The summed E-state index contributed by atoms with van der Waals surface area (Å²) in [6, 6.07) is 6.81. The fourth-order valence-electron chi connectivity index (χ4n) is 2.97. The molecule has 1 unspecified atom stereocenters. The minimum Gasteiger partial charge on any atom is -0.365 e. The van der Waals surface area contributed by atoms with Crippen molar-refractivity contribution in [2.24, 2.45) is 0 Å². The maximum atomic E-state index is 12.7. The van der Waals surface area contributed by atoms with E-state index in [0.717, 1.165) is 5.56 Å². The summed E-state index contributed by atoms with van der Waals surface area (Å²) in [7, 11) is -3.05. The predicted octanol–water partition coefficient (Wildman–Crippen LogP) is 1.13. The molecule has 26 heavy (non-hydrogen) atoms. The Morgan fingerprint density at radius 2 is 2.00 bits per heavy atom. The Labute approximate surface area is 152 Å². The molecule has 3 heterocycles. The van der Waals surface area contributed by atoms with Crippen molar-refractivity contribution in [3.05, 3.63) is 47.9 Å². The van der Waals surface area contributed by atoms with Crippen molar-refractivity contribution in [3.63, 3.8) is 0 Å². The smallest absolute Gasteiger partial charge is 0.274 e. The third-order valence-electron chi connectivity index (χ3n) is 4.36. The summed E-state index contributed by atoms with van der Waals surface area (Å²) < 4.78 is 23.4. The topological polar surface area (TPSA) is 105 Å². The minimum atomic E-state index is -3.05.